The van der Waals surface area contributed by atoms with Crippen molar-refractivity contribution in [2.75, 3.05) is 0 Å². The van der Waals surface area contributed by atoms with Crippen LogP contribution >= 0.6 is 0 Å². The van der Waals surface area contributed by atoms with E-state index >= 15 is 0 Å². The third-order valence-electron chi connectivity index (χ3n) is 4.68. The van der Waals surface area contributed by atoms with E-state index in [1.54, 1.807) is 0 Å². The molecule has 0 atom stereocenters. The second-order valence-electron chi connectivity index (χ2n) is 6.37. The van der Waals surface area contributed by atoms with Crippen molar-refractivity contribution < 1.29 is 25.8 Å². The molecule has 2 heteroatoms. The third kappa shape index (κ3) is 3.40. The van der Waals surface area contributed by atoms with E-state index < -0.39 is 8.07 Å². The Morgan fingerprint density at radius 1 is 0.667 bits per heavy atom. The molecule has 4 rings (SSSR count). The van der Waals surface area contributed by atoms with Gasteiger partial charge in [-0.05, 0) is 0 Å². The van der Waals surface area contributed by atoms with E-state index in [-0.39, 0.29) is 40.7 Å². The van der Waals surface area contributed by atoms with Gasteiger partial charge in [0.1, 0.15) is 0 Å². The summed E-state index contributed by atoms with van der Waals surface area (Å²) >= 11 is 0. The zero-order chi connectivity index (χ0) is 14.4. The monoisotopic (exact) mass is 496 g/mol. The molecule has 0 fully saturated rings. The van der Waals surface area contributed by atoms with Crippen molar-refractivity contribution >= 4 is 40.0 Å². The Hall–Kier alpha value is -1.25. The van der Waals surface area contributed by atoms with Crippen LogP contribution in [0.2, 0.25) is 13.1 Å². The standard InChI is InChI=1S/C20H18Si.2CH3.Hf/c1-21(2,19-11-15-7-3-4-8-16(15)12-19)20-13-17-9-5-6-10-18(17)14-20;;;/h3-14H,1-2H3;2*1H3;/q-2;2*-1;+4. The third-order valence-corrected chi connectivity index (χ3v) is 8.14. The summed E-state index contributed by atoms with van der Waals surface area (Å²) in [5.41, 5.74) is 0. The molecule has 0 saturated heterocycles. The average Bonchev–Trinajstić information content (AvgIpc) is 3.11. The first kappa shape index (κ1) is 20.8. The van der Waals surface area contributed by atoms with Crippen LogP contribution in [-0.2, 0) is 25.8 Å². The fourth-order valence-electron chi connectivity index (χ4n) is 3.19. The number of benzene rings is 2. The largest absolute Gasteiger partial charge is 4.00 e. The summed E-state index contributed by atoms with van der Waals surface area (Å²) in [5.74, 6) is 0. The summed E-state index contributed by atoms with van der Waals surface area (Å²) in [4.78, 5) is 0. The summed E-state index contributed by atoms with van der Waals surface area (Å²) in [6, 6.07) is 26.9. The Kier molecular flexibility index (Phi) is 6.72. The Morgan fingerprint density at radius 3 is 1.42 bits per heavy atom. The molecule has 0 aliphatic heterocycles. The van der Waals surface area contributed by atoms with Gasteiger partial charge in [-0.1, -0.05) is 25.2 Å². The van der Waals surface area contributed by atoms with Crippen molar-refractivity contribution in [3.63, 3.8) is 0 Å². The molecule has 0 amide bonds. The molecule has 4 aromatic carbocycles. The fourth-order valence-corrected chi connectivity index (χ4v) is 5.59. The molecule has 4 aromatic rings. The Morgan fingerprint density at radius 2 is 1.04 bits per heavy atom. The first-order valence-electron chi connectivity index (χ1n) is 7.46. The molecule has 0 aromatic heterocycles. The van der Waals surface area contributed by atoms with Crippen molar-refractivity contribution in [2.45, 2.75) is 13.1 Å². The van der Waals surface area contributed by atoms with Crippen LogP contribution < -0.4 is 10.4 Å². The van der Waals surface area contributed by atoms with Crippen molar-refractivity contribution in [3.8, 4) is 0 Å². The summed E-state index contributed by atoms with van der Waals surface area (Å²) in [6.07, 6.45) is 0. The maximum atomic E-state index is 2.45. The van der Waals surface area contributed by atoms with Crippen molar-refractivity contribution in [1.82, 2.24) is 0 Å². The van der Waals surface area contributed by atoms with Crippen LogP contribution in [-0.4, -0.2) is 8.07 Å². The molecule has 0 bridgehead atoms. The molecule has 120 valence electrons. The molecule has 0 unspecified atom stereocenters. The summed E-state index contributed by atoms with van der Waals surface area (Å²) in [7, 11) is -1.62. The maximum absolute atomic E-state index is 2.45. The van der Waals surface area contributed by atoms with Gasteiger partial charge in [-0.25, -0.2) is 0 Å². The molecule has 0 radical (unpaired) electrons. The summed E-state index contributed by atoms with van der Waals surface area (Å²) < 4.78 is 0. The van der Waals surface area contributed by atoms with Crippen LogP contribution in [0, 0.1) is 14.9 Å². The zero-order valence-corrected chi connectivity index (χ0v) is 19.5. The van der Waals surface area contributed by atoms with Crippen LogP contribution in [0.4, 0.5) is 0 Å². The van der Waals surface area contributed by atoms with Crippen LogP contribution in [0.1, 0.15) is 0 Å². The van der Waals surface area contributed by atoms with E-state index in [9.17, 15) is 0 Å². The molecule has 0 saturated carbocycles. The number of rotatable bonds is 2. The van der Waals surface area contributed by atoms with Gasteiger partial charge < -0.3 is 14.9 Å². The molecule has 0 spiro atoms. The zero-order valence-electron chi connectivity index (χ0n) is 14.9. The molecular weight excluding hydrogens is 471 g/mol. The normalized spacial score (nSPS) is 10.8. The van der Waals surface area contributed by atoms with Gasteiger partial charge >= 0.3 is 25.8 Å². The minimum Gasteiger partial charge on any atom is -0.358 e. The van der Waals surface area contributed by atoms with Crippen LogP contribution in [0.3, 0.4) is 0 Å². The van der Waals surface area contributed by atoms with E-state index in [0.29, 0.717) is 0 Å². The first-order chi connectivity index (χ1) is 10.1. The van der Waals surface area contributed by atoms with Gasteiger partial charge in [0, 0.05) is 0 Å². The summed E-state index contributed by atoms with van der Waals surface area (Å²) in [6.45, 7) is 4.91. The predicted octanol–water partition coefficient (Wildman–Crippen LogP) is 5.15. The van der Waals surface area contributed by atoms with Crippen LogP contribution in [0.25, 0.3) is 21.5 Å². The molecule has 0 aliphatic carbocycles. The van der Waals surface area contributed by atoms with E-state index in [4.69, 9.17) is 0 Å². The minimum absolute atomic E-state index is 0. The van der Waals surface area contributed by atoms with Crippen molar-refractivity contribution in [3.05, 3.63) is 87.6 Å². The minimum atomic E-state index is -1.62. The average molecular weight is 495 g/mol. The Labute approximate surface area is 166 Å². The van der Waals surface area contributed by atoms with Gasteiger partial charge in [0.2, 0.25) is 0 Å². The fraction of sp³-hybridized carbons (Fsp3) is 0.0909. The van der Waals surface area contributed by atoms with E-state index in [2.05, 4.69) is 85.9 Å². The van der Waals surface area contributed by atoms with E-state index in [1.807, 2.05) is 0 Å². The van der Waals surface area contributed by atoms with Crippen LogP contribution in [0.5, 0.6) is 0 Å². The Balaban J connectivity index is 0.000000960. The van der Waals surface area contributed by atoms with E-state index in [1.165, 1.54) is 31.9 Å². The number of hydrogen-bond acceptors (Lipinski definition) is 0. The number of fused-ring (bicyclic) bond motifs is 2. The van der Waals surface area contributed by atoms with Crippen LogP contribution in [0.15, 0.2) is 72.8 Å². The van der Waals surface area contributed by atoms with Gasteiger partial charge in [0.15, 0.2) is 0 Å². The second-order valence-corrected chi connectivity index (χ2v) is 10.8. The smallest absolute Gasteiger partial charge is 0.358 e. The quantitative estimate of drug-likeness (QED) is 0.267. The SMILES string of the molecule is C[Si](C)(c1cc2ccccc2[cH-]1)c1cc2ccccc2[cH-]1.[CH3-].[CH3-].[Hf+4]. The molecule has 0 N–H and O–H groups in total. The molecule has 24 heavy (non-hydrogen) atoms. The predicted molar refractivity (Wildman–Crippen MR) is 109 cm³/mol. The topological polar surface area (TPSA) is 0 Å². The Bertz CT molecular complexity index is 785. The second kappa shape index (κ2) is 7.75. The van der Waals surface area contributed by atoms with Gasteiger partial charge in [-0.2, -0.15) is 22.9 Å². The number of hydrogen-bond donors (Lipinski definition) is 0. The molecule has 0 aliphatic rings. The molecule has 0 heterocycles. The van der Waals surface area contributed by atoms with Crippen molar-refractivity contribution in [2.24, 2.45) is 0 Å². The van der Waals surface area contributed by atoms with Gasteiger partial charge in [0.25, 0.3) is 0 Å². The van der Waals surface area contributed by atoms with E-state index in [0.717, 1.165) is 0 Å². The maximum Gasteiger partial charge on any atom is 4.00 e. The van der Waals surface area contributed by atoms with Crippen molar-refractivity contribution in [1.29, 1.82) is 0 Å². The van der Waals surface area contributed by atoms with Gasteiger partial charge in [-0.15, -0.1) is 69.7 Å². The van der Waals surface area contributed by atoms with Gasteiger partial charge in [-0.3, -0.25) is 0 Å². The first-order valence-corrected chi connectivity index (χ1v) is 10.5. The molecular formula is C22H24HfSi. The molecule has 0 nitrogen and oxygen atoms in total. The van der Waals surface area contributed by atoms with Gasteiger partial charge in [0.05, 0.1) is 8.07 Å². The summed E-state index contributed by atoms with van der Waals surface area (Å²) in [5, 5.41) is 8.51.